The summed E-state index contributed by atoms with van der Waals surface area (Å²) in [6, 6.07) is 10.4. The molecule has 0 spiro atoms. The van der Waals surface area contributed by atoms with Crippen LogP contribution in [0.15, 0.2) is 48.5 Å². The topological polar surface area (TPSA) is 41.1 Å². The van der Waals surface area contributed by atoms with Crippen molar-refractivity contribution in [2.24, 2.45) is 0 Å². The Kier molecular flexibility index (Phi) is 5.20. The maximum absolute atomic E-state index is 13.3. The SMILES string of the molecule is O=C(CCNc1ccccc1F)Nc1cccc(C(F)(F)F)c1. The maximum Gasteiger partial charge on any atom is 0.416 e. The van der Waals surface area contributed by atoms with Crippen LogP contribution in [0, 0.1) is 5.82 Å². The van der Waals surface area contributed by atoms with Gasteiger partial charge in [-0.1, -0.05) is 18.2 Å². The van der Waals surface area contributed by atoms with E-state index < -0.39 is 23.5 Å². The van der Waals surface area contributed by atoms with Gasteiger partial charge in [0.25, 0.3) is 0 Å². The summed E-state index contributed by atoms with van der Waals surface area (Å²) >= 11 is 0. The first-order valence-corrected chi connectivity index (χ1v) is 6.82. The highest BCUT2D eigenvalue weighted by Crippen LogP contribution is 2.30. The van der Waals surface area contributed by atoms with Crippen molar-refractivity contribution in [3.63, 3.8) is 0 Å². The summed E-state index contributed by atoms with van der Waals surface area (Å²) in [5.41, 5.74) is -0.505. The summed E-state index contributed by atoms with van der Waals surface area (Å²) in [5, 5.41) is 5.13. The lowest BCUT2D eigenvalue weighted by molar-refractivity contribution is -0.137. The summed E-state index contributed by atoms with van der Waals surface area (Å²) < 4.78 is 51.1. The number of para-hydroxylation sites is 1. The molecule has 0 aliphatic carbocycles. The van der Waals surface area contributed by atoms with Crippen molar-refractivity contribution in [3.05, 3.63) is 59.9 Å². The molecule has 0 unspecified atom stereocenters. The summed E-state index contributed by atoms with van der Waals surface area (Å²) in [6.07, 6.45) is -4.47. The highest BCUT2D eigenvalue weighted by molar-refractivity contribution is 5.91. The monoisotopic (exact) mass is 326 g/mol. The zero-order chi connectivity index (χ0) is 16.9. The van der Waals surface area contributed by atoms with E-state index in [-0.39, 0.29) is 24.3 Å². The zero-order valence-electron chi connectivity index (χ0n) is 12.0. The Hall–Kier alpha value is -2.57. The molecule has 0 saturated carbocycles. The lowest BCUT2D eigenvalue weighted by Gasteiger charge is -2.10. The number of amides is 1. The number of hydrogen-bond donors (Lipinski definition) is 2. The van der Waals surface area contributed by atoms with Crippen molar-refractivity contribution < 1.29 is 22.4 Å². The van der Waals surface area contributed by atoms with Gasteiger partial charge in [-0.3, -0.25) is 4.79 Å². The number of hydrogen-bond acceptors (Lipinski definition) is 2. The van der Waals surface area contributed by atoms with E-state index in [1.165, 1.54) is 24.3 Å². The highest BCUT2D eigenvalue weighted by atomic mass is 19.4. The van der Waals surface area contributed by atoms with Crippen LogP contribution < -0.4 is 10.6 Å². The summed E-state index contributed by atoms with van der Waals surface area (Å²) in [6.45, 7) is 0.158. The molecule has 0 aliphatic rings. The van der Waals surface area contributed by atoms with Gasteiger partial charge in [-0.25, -0.2) is 4.39 Å². The smallest absolute Gasteiger partial charge is 0.382 e. The van der Waals surface area contributed by atoms with Crippen LogP contribution in [0.4, 0.5) is 28.9 Å². The van der Waals surface area contributed by atoms with Crippen LogP contribution in [0.25, 0.3) is 0 Å². The molecule has 0 atom stereocenters. The molecule has 0 aromatic heterocycles. The molecule has 2 N–H and O–H groups in total. The lowest BCUT2D eigenvalue weighted by Crippen LogP contribution is -2.17. The maximum atomic E-state index is 13.3. The lowest BCUT2D eigenvalue weighted by atomic mass is 10.2. The van der Waals surface area contributed by atoms with E-state index in [9.17, 15) is 22.4 Å². The van der Waals surface area contributed by atoms with Crippen LogP contribution in [-0.4, -0.2) is 12.5 Å². The minimum Gasteiger partial charge on any atom is -0.382 e. The number of nitrogens with one attached hydrogen (secondary N) is 2. The number of benzene rings is 2. The molecule has 3 nitrogen and oxygen atoms in total. The van der Waals surface area contributed by atoms with Gasteiger partial charge in [0, 0.05) is 18.7 Å². The van der Waals surface area contributed by atoms with Crippen molar-refractivity contribution in [3.8, 4) is 0 Å². The predicted molar refractivity (Wildman–Crippen MR) is 79.6 cm³/mol. The normalized spacial score (nSPS) is 11.1. The van der Waals surface area contributed by atoms with E-state index in [1.54, 1.807) is 12.1 Å². The van der Waals surface area contributed by atoms with Crippen molar-refractivity contribution >= 4 is 17.3 Å². The van der Waals surface area contributed by atoms with Gasteiger partial charge >= 0.3 is 6.18 Å². The van der Waals surface area contributed by atoms with E-state index in [1.807, 2.05) is 0 Å². The molecule has 0 bridgehead atoms. The molecule has 23 heavy (non-hydrogen) atoms. The first-order valence-electron chi connectivity index (χ1n) is 6.82. The first-order chi connectivity index (χ1) is 10.9. The molecule has 1 amide bonds. The number of anilines is 2. The van der Waals surface area contributed by atoms with Crippen molar-refractivity contribution in [1.82, 2.24) is 0 Å². The number of carbonyl (C=O) groups excluding carboxylic acids is 1. The summed E-state index contributed by atoms with van der Waals surface area (Å²) in [4.78, 5) is 11.7. The fraction of sp³-hybridized carbons (Fsp3) is 0.188. The predicted octanol–water partition coefficient (Wildman–Crippen LogP) is 4.29. The van der Waals surface area contributed by atoms with Crippen molar-refractivity contribution in [1.29, 1.82) is 0 Å². The molecule has 0 fully saturated rings. The second kappa shape index (κ2) is 7.13. The number of halogens is 4. The second-order valence-corrected chi connectivity index (χ2v) is 4.78. The van der Waals surface area contributed by atoms with E-state index in [0.717, 1.165) is 12.1 Å². The molecule has 2 aromatic carbocycles. The van der Waals surface area contributed by atoms with E-state index in [0.29, 0.717) is 0 Å². The molecular weight excluding hydrogens is 312 g/mol. The quantitative estimate of drug-likeness (QED) is 0.805. The molecule has 0 aliphatic heterocycles. The Balaban J connectivity index is 1.87. The fourth-order valence-electron chi connectivity index (χ4n) is 1.91. The van der Waals surface area contributed by atoms with Crippen LogP contribution in [0.5, 0.6) is 0 Å². The fourth-order valence-corrected chi connectivity index (χ4v) is 1.91. The Morgan fingerprint density at radius 1 is 1.04 bits per heavy atom. The van der Waals surface area contributed by atoms with Crippen LogP contribution in [0.1, 0.15) is 12.0 Å². The van der Waals surface area contributed by atoms with Gasteiger partial charge in [0.1, 0.15) is 5.82 Å². The van der Waals surface area contributed by atoms with E-state index in [2.05, 4.69) is 10.6 Å². The Bertz CT molecular complexity index is 686. The third-order valence-electron chi connectivity index (χ3n) is 3.02. The first kappa shape index (κ1) is 16.8. The van der Waals surface area contributed by atoms with E-state index in [4.69, 9.17) is 0 Å². The van der Waals surface area contributed by atoms with Crippen LogP contribution in [-0.2, 0) is 11.0 Å². The molecule has 7 heteroatoms. The minimum absolute atomic E-state index is 0.00935. The molecular formula is C16H14F4N2O. The largest absolute Gasteiger partial charge is 0.416 e. The van der Waals surface area contributed by atoms with Crippen LogP contribution in [0.2, 0.25) is 0 Å². The summed E-state index contributed by atoms with van der Waals surface area (Å²) in [7, 11) is 0. The van der Waals surface area contributed by atoms with Gasteiger partial charge in [-0.05, 0) is 30.3 Å². The van der Waals surface area contributed by atoms with Crippen LogP contribution in [0.3, 0.4) is 0 Å². The molecule has 2 aromatic rings. The third-order valence-corrected chi connectivity index (χ3v) is 3.02. The van der Waals surface area contributed by atoms with Gasteiger partial charge in [0.2, 0.25) is 5.91 Å². The zero-order valence-corrected chi connectivity index (χ0v) is 12.0. The molecule has 2 rings (SSSR count). The molecule has 0 saturated heterocycles. The van der Waals surface area contributed by atoms with Crippen molar-refractivity contribution in [2.75, 3.05) is 17.2 Å². The Labute approximate surface area is 130 Å². The number of carbonyl (C=O) groups is 1. The minimum atomic E-state index is -4.47. The van der Waals surface area contributed by atoms with Crippen LogP contribution >= 0.6 is 0 Å². The number of rotatable bonds is 5. The van der Waals surface area contributed by atoms with Gasteiger partial charge < -0.3 is 10.6 Å². The third kappa shape index (κ3) is 4.98. The molecule has 0 radical (unpaired) electrons. The standard InChI is InChI=1S/C16H14F4N2O/c17-13-6-1-2-7-14(13)21-9-8-15(23)22-12-5-3-4-11(10-12)16(18,19)20/h1-7,10,21H,8-9H2,(H,22,23). The van der Waals surface area contributed by atoms with Gasteiger partial charge in [-0.15, -0.1) is 0 Å². The molecule has 0 heterocycles. The second-order valence-electron chi connectivity index (χ2n) is 4.78. The van der Waals surface area contributed by atoms with Gasteiger partial charge in [-0.2, -0.15) is 13.2 Å². The van der Waals surface area contributed by atoms with Gasteiger partial charge in [0.05, 0.1) is 11.3 Å². The average molecular weight is 326 g/mol. The molecule has 122 valence electrons. The highest BCUT2D eigenvalue weighted by Gasteiger charge is 2.30. The Morgan fingerprint density at radius 3 is 2.48 bits per heavy atom. The number of alkyl halides is 3. The van der Waals surface area contributed by atoms with Gasteiger partial charge in [0.15, 0.2) is 0 Å². The van der Waals surface area contributed by atoms with Crippen molar-refractivity contribution in [2.45, 2.75) is 12.6 Å². The average Bonchev–Trinajstić information content (AvgIpc) is 2.48. The van der Waals surface area contributed by atoms with E-state index >= 15 is 0 Å². The Morgan fingerprint density at radius 2 is 1.78 bits per heavy atom. The summed E-state index contributed by atoms with van der Waals surface area (Å²) in [5.74, 6) is -0.904.